The number of unbranched alkanes of at least 4 members (excludes halogenated alkanes) is 1. The summed E-state index contributed by atoms with van der Waals surface area (Å²) in [5.41, 5.74) is -0.635. The zero-order valence-electron chi connectivity index (χ0n) is 10.4. The summed E-state index contributed by atoms with van der Waals surface area (Å²) in [6, 6.07) is 0. The summed E-state index contributed by atoms with van der Waals surface area (Å²) in [4.78, 5) is 13.8. The molecular weight excluding hydrogens is 222 g/mol. The lowest BCUT2D eigenvalue weighted by Gasteiger charge is -2.26. The molecule has 0 saturated carbocycles. The molecule has 2 aliphatic rings. The monoisotopic (exact) mass is 243 g/mol. The van der Waals surface area contributed by atoms with Crippen molar-refractivity contribution in [2.75, 3.05) is 46.1 Å². The molecular formula is C12H21NO4. The highest BCUT2D eigenvalue weighted by atomic mass is 16.6. The Balaban J connectivity index is 1.47. The molecule has 2 aliphatic heterocycles. The first kappa shape index (κ1) is 12.8. The van der Waals surface area contributed by atoms with Crippen LogP contribution in [0.3, 0.4) is 0 Å². The van der Waals surface area contributed by atoms with Gasteiger partial charge in [-0.3, -0.25) is 4.90 Å². The third kappa shape index (κ3) is 3.94. The third-order valence-electron chi connectivity index (χ3n) is 3.21. The Labute approximate surface area is 102 Å². The molecule has 98 valence electrons. The number of nitrogens with zero attached hydrogens (tertiary/aromatic N) is 1. The number of esters is 1. The molecule has 0 bridgehead atoms. The largest absolute Gasteiger partial charge is 0.463 e. The average molecular weight is 243 g/mol. The summed E-state index contributed by atoms with van der Waals surface area (Å²) in [6.07, 6.45) is 1.98. The predicted molar refractivity (Wildman–Crippen MR) is 61.8 cm³/mol. The third-order valence-corrected chi connectivity index (χ3v) is 3.21. The smallest absolute Gasteiger partial charge is 0.340 e. The van der Waals surface area contributed by atoms with E-state index < -0.39 is 5.60 Å². The Hall–Kier alpha value is -0.650. The van der Waals surface area contributed by atoms with Crippen LogP contribution in [0.15, 0.2) is 0 Å². The molecule has 5 heteroatoms. The Morgan fingerprint density at radius 1 is 1.35 bits per heavy atom. The topological polar surface area (TPSA) is 51.3 Å². The average Bonchev–Trinajstić information content (AvgIpc) is 3.09. The number of rotatable bonds is 6. The van der Waals surface area contributed by atoms with Gasteiger partial charge in [-0.05, 0) is 26.3 Å². The van der Waals surface area contributed by atoms with Crippen LogP contribution in [-0.2, 0) is 19.0 Å². The Bertz CT molecular complexity index is 259. The van der Waals surface area contributed by atoms with Crippen molar-refractivity contribution in [3.63, 3.8) is 0 Å². The van der Waals surface area contributed by atoms with Crippen LogP contribution in [0.5, 0.6) is 0 Å². The van der Waals surface area contributed by atoms with Crippen LogP contribution in [0.2, 0.25) is 0 Å². The van der Waals surface area contributed by atoms with Gasteiger partial charge in [0, 0.05) is 13.1 Å². The van der Waals surface area contributed by atoms with E-state index >= 15 is 0 Å². The van der Waals surface area contributed by atoms with Crippen molar-refractivity contribution in [3.05, 3.63) is 0 Å². The second kappa shape index (κ2) is 5.80. The quantitative estimate of drug-likeness (QED) is 0.385. The van der Waals surface area contributed by atoms with E-state index in [4.69, 9.17) is 14.2 Å². The molecule has 0 aliphatic carbocycles. The van der Waals surface area contributed by atoms with Crippen LogP contribution >= 0.6 is 0 Å². The molecule has 17 heavy (non-hydrogen) atoms. The van der Waals surface area contributed by atoms with Gasteiger partial charge in [0.15, 0.2) is 5.60 Å². The van der Waals surface area contributed by atoms with Crippen molar-refractivity contribution in [1.29, 1.82) is 0 Å². The van der Waals surface area contributed by atoms with E-state index in [1.54, 1.807) is 6.92 Å². The minimum Gasteiger partial charge on any atom is -0.463 e. The molecule has 0 spiro atoms. The van der Waals surface area contributed by atoms with Gasteiger partial charge < -0.3 is 14.2 Å². The molecule has 0 radical (unpaired) electrons. The van der Waals surface area contributed by atoms with Gasteiger partial charge in [0.05, 0.1) is 26.4 Å². The van der Waals surface area contributed by atoms with Crippen molar-refractivity contribution in [2.24, 2.45) is 0 Å². The van der Waals surface area contributed by atoms with Crippen molar-refractivity contribution < 1.29 is 19.0 Å². The number of ether oxygens (including phenoxy) is 3. The Morgan fingerprint density at radius 3 is 2.71 bits per heavy atom. The number of carbonyl (C=O) groups excluding carboxylic acids is 1. The van der Waals surface area contributed by atoms with E-state index in [0.717, 1.165) is 45.7 Å². The van der Waals surface area contributed by atoms with Crippen molar-refractivity contribution in [2.45, 2.75) is 25.4 Å². The molecule has 0 amide bonds. The molecule has 2 rings (SSSR count). The second-order valence-electron chi connectivity index (χ2n) is 4.82. The van der Waals surface area contributed by atoms with Gasteiger partial charge in [-0.2, -0.15) is 0 Å². The van der Waals surface area contributed by atoms with Gasteiger partial charge in [0.2, 0.25) is 0 Å². The van der Waals surface area contributed by atoms with E-state index in [0.29, 0.717) is 13.2 Å². The van der Waals surface area contributed by atoms with Gasteiger partial charge in [0.1, 0.15) is 0 Å². The molecule has 0 aromatic rings. The second-order valence-corrected chi connectivity index (χ2v) is 4.82. The highest BCUT2D eigenvalue weighted by molar-refractivity contribution is 5.81. The maximum atomic E-state index is 11.4. The fraction of sp³-hybridized carbons (Fsp3) is 0.917. The van der Waals surface area contributed by atoms with Crippen LogP contribution in [0.4, 0.5) is 0 Å². The number of morpholine rings is 1. The fourth-order valence-corrected chi connectivity index (χ4v) is 1.81. The van der Waals surface area contributed by atoms with Crippen molar-refractivity contribution >= 4 is 5.97 Å². The summed E-state index contributed by atoms with van der Waals surface area (Å²) in [6.45, 7) is 7.55. The molecule has 0 N–H and O–H groups in total. The number of carbonyl (C=O) groups is 1. The van der Waals surface area contributed by atoms with Crippen LogP contribution in [0, 0.1) is 0 Å². The maximum absolute atomic E-state index is 11.4. The highest BCUT2D eigenvalue weighted by Crippen LogP contribution is 2.27. The number of hydrogen-bond donors (Lipinski definition) is 0. The van der Waals surface area contributed by atoms with E-state index in [1.807, 2.05) is 0 Å². The van der Waals surface area contributed by atoms with Crippen LogP contribution < -0.4 is 0 Å². The van der Waals surface area contributed by atoms with Gasteiger partial charge in [-0.25, -0.2) is 4.79 Å². The minimum absolute atomic E-state index is 0.219. The molecule has 2 fully saturated rings. The number of hydrogen-bond acceptors (Lipinski definition) is 5. The van der Waals surface area contributed by atoms with Crippen LogP contribution in [0.1, 0.15) is 19.8 Å². The molecule has 0 aromatic carbocycles. The Morgan fingerprint density at radius 2 is 2.06 bits per heavy atom. The summed E-state index contributed by atoms with van der Waals surface area (Å²) in [5.74, 6) is -0.219. The summed E-state index contributed by atoms with van der Waals surface area (Å²) in [5, 5.41) is 0. The van der Waals surface area contributed by atoms with E-state index in [-0.39, 0.29) is 5.97 Å². The zero-order valence-corrected chi connectivity index (χ0v) is 10.4. The van der Waals surface area contributed by atoms with Crippen molar-refractivity contribution in [1.82, 2.24) is 4.90 Å². The van der Waals surface area contributed by atoms with Gasteiger partial charge in [-0.15, -0.1) is 0 Å². The molecule has 1 unspecified atom stereocenters. The summed E-state index contributed by atoms with van der Waals surface area (Å²) in [7, 11) is 0. The molecule has 2 saturated heterocycles. The zero-order chi connectivity index (χ0) is 12.1. The van der Waals surface area contributed by atoms with Gasteiger partial charge >= 0.3 is 5.97 Å². The minimum atomic E-state index is -0.635. The molecule has 5 nitrogen and oxygen atoms in total. The summed E-state index contributed by atoms with van der Waals surface area (Å²) < 4.78 is 15.4. The lowest BCUT2D eigenvalue weighted by molar-refractivity contribution is -0.149. The Kier molecular flexibility index (Phi) is 4.36. The maximum Gasteiger partial charge on any atom is 0.340 e. The van der Waals surface area contributed by atoms with E-state index in [2.05, 4.69) is 4.90 Å². The number of epoxide rings is 1. The van der Waals surface area contributed by atoms with E-state index in [9.17, 15) is 4.79 Å². The predicted octanol–water partition coefficient (Wildman–Crippen LogP) is 0.431. The normalized spacial score (nSPS) is 29.0. The molecule has 0 aromatic heterocycles. The highest BCUT2D eigenvalue weighted by Gasteiger charge is 2.48. The van der Waals surface area contributed by atoms with Crippen LogP contribution in [0.25, 0.3) is 0 Å². The first-order chi connectivity index (χ1) is 8.21. The molecule has 1 atom stereocenters. The lowest BCUT2D eigenvalue weighted by atomic mass is 10.2. The SMILES string of the molecule is CC1(C(=O)OCCCCN2CCOCC2)CO1. The first-order valence-electron chi connectivity index (χ1n) is 6.32. The van der Waals surface area contributed by atoms with Crippen LogP contribution in [-0.4, -0.2) is 62.5 Å². The van der Waals surface area contributed by atoms with Gasteiger partial charge in [0.25, 0.3) is 0 Å². The lowest BCUT2D eigenvalue weighted by Crippen LogP contribution is -2.36. The summed E-state index contributed by atoms with van der Waals surface area (Å²) >= 11 is 0. The fourth-order valence-electron chi connectivity index (χ4n) is 1.81. The molecule has 2 heterocycles. The van der Waals surface area contributed by atoms with Crippen molar-refractivity contribution in [3.8, 4) is 0 Å². The van der Waals surface area contributed by atoms with E-state index in [1.165, 1.54) is 0 Å². The van der Waals surface area contributed by atoms with Gasteiger partial charge in [-0.1, -0.05) is 0 Å². The first-order valence-corrected chi connectivity index (χ1v) is 6.32. The standard InChI is InChI=1S/C12H21NO4/c1-12(10-17-12)11(14)16-7-3-2-4-13-5-8-15-9-6-13/h2-10H2,1H3.